The second kappa shape index (κ2) is 5.36. The first-order valence-corrected chi connectivity index (χ1v) is 6.67. The highest BCUT2D eigenvalue weighted by Gasteiger charge is 2.11. The molecule has 5 heteroatoms. The van der Waals surface area contributed by atoms with E-state index in [1.807, 2.05) is 38.1 Å². The van der Waals surface area contributed by atoms with Crippen LogP contribution in [0.4, 0.5) is 0 Å². The van der Waals surface area contributed by atoms with Gasteiger partial charge in [0.05, 0.1) is 6.42 Å². The SMILES string of the molecule is Cc1cc(-c2noc(Cc3ccccc3O)n2)cc(C)n1. The number of aromatic hydroxyl groups is 1. The van der Waals surface area contributed by atoms with Crippen LogP contribution in [0, 0.1) is 13.8 Å². The van der Waals surface area contributed by atoms with Gasteiger partial charge in [-0.05, 0) is 32.0 Å². The van der Waals surface area contributed by atoms with Gasteiger partial charge in [0.15, 0.2) is 0 Å². The zero-order valence-electron chi connectivity index (χ0n) is 11.9. The number of aromatic nitrogens is 3. The topological polar surface area (TPSA) is 72.0 Å². The van der Waals surface area contributed by atoms with E-state index in [1.165, 1.54) is 0 Å². The van der Waals surface area contributed by atoms with Crippen molar-refractivity contribution in [3.8, 4) is 17.1 Å². The minimum atomic E-state index is 0.229. The summed E-state index contributed by atoms with van der Waals surface area (Å²) in [4.78, 5) is 8.71. The van der Waals surface area contributed by atoms with Gasteiger partial charge in [0.1, 0.15) is 5.75 Å². The fraction of sp³-hybridized carbons (Fsp3) is 0.188. The third-order valence-electron chi connectivity index (χ3n) is 3.14. The molecule has 0 atom stereocenters. The number of pyridine rings is 1. The van der Waals surface area contributed by atoms with Gasteiger partial charge in [0.25, 0.3) is 0 Å². The lowest BCUT2D eigenvalue weighted by atomic mass is 10.1. The molecular formula is C16H15N3O2. The van der Waals surface area contributed by atoms with Crippen LogP contribution in [0.3, 0.4) is 0 Å². The molecule has 0 aliphatic carbocycles. The van der Waals surface area contributed by atoms with E-state index in [9.17, 15) is 5.11 Å². The molecule has 106 valence electrons. The normalized spacial score (nSPS) is 10.8. The Bertz CT molecular complexity index is 760. The molecule has 0 radical (unpaired) electrons. The van der Waals surface area contributed by atoms with Crippen LogP contribution in [0.15, 0.2) is 40.9 Å². The highest BCUT2D eigenvalue weighted by Crippen LogP contribution is 2.21. The molecule has 0 amide bonds. The van der Waals surface area contributed by atoms with Gasteiger partial charge in [-0.15, -0.1) is 0 Å². The molecule has 3 rings (SSSR count). The Labute approximate surface area is 122 Å². The van der Waals surface area contributed by atoms with Crippen LogP contribution < -0.4 is 0 Å². The number of phenolic OH excluding ortho intramolecular Hbond substituents is 1. The quantitative estimate of drug-likeness (QED) is 0.798. The van der Waals surface area contributed by atoms with Crippen molar-refractivity contribution in [2.24, 2.45) is 0 Å². The highest BCUT2D eigenvalue weighted by molar-refractivity contribution is 5.55. The summed E-state index contributed by atoms with van der Waals surface area (Å²) >= 11 is 0. The number of rotatable bonds is 3. The molecule has 1 N–H and O–H groups in total. The molecular weight excluding hydrogens is 266 g/mol. The number of nitrogens with zero attached hydrogens (tertiary/aromatic N) is 3. The fourth-order valence-electron chi connectivity index (χ4n) is 2.23. The maximum Gasteiger partial charge on any atom is 0.231 e. The summed E-state index contributed by atoms with van der Waals surface area (Å²) < 4.78 is 5.27. The van der Waals surface area contributed by atoms with E-state index in [-0.39, 0.29) is 5.75 Å². The molecule has 0 aliphatic heterocycles. The maximum absolute atomic E-state index is 9.77. The Morgan fingerprint density at radius 1 is 1.05 bits per heavy atom. The zero-order chi connectivity index (χ0) is 14.8. The van der Waals surface area contributed by atoms with Gasteiger partial charge in [-0.1, -0.05) is 23.4 Å². The van der Waals surface area contributed by atoms with Gasteiger partial charge in [-0.25, -0.2) is 0 Å². The van der Waals surface area contributed by atoms with Gasteiger partial charge in [0, 0.05) is 22.5 Å². The Balaban J connectivity index is 1.88. The van der Waals surface area contributed by atoms with Gasteiger partial charge in [0.2, 0.25) is 11.7 Å². The first kappa shape index (κ1) is 13.3. The lowest BCUT2D eigenvalue weighted by molar-refractivity contribution is 0.383. The Hall–Kier alpha value is -2.69. The third kappa shape index (κ3) is 2.91. The molecule has 1 aromatic carbocycles. The summed E-state index contributed by atoms with van der Waals surface area (Å²) in [6, 6.07) is 11.0. The molecule has 0 saturated heterocycles. The molecule has 2 heterocycles. The van der Waals surface area contributed by atoms with Crippen molar-refractivity contribution in [1.82, 2.24) is 15.1 Å². The van der Waals surface area contributed by atoms with E-state index < -0.39 is 0 Å². The van der Waals surface area contributed by atoms with Crippen LogP contribution in [0.25, 0.3) is 11.4 Å². The molecule has 0 bridgehead atoms. The molecule has 0 fully saturated rings. The zero-order valence-corrected chi connectivity index (χ0v) is 11.9. The van der Waals surface area contributed by atoms with Crippen molar-refractivity contribution in [3.63, 3.8) is 0 Å². The monoisotopic (exact) mass is 281 g/mol. The molecule has 0 unspecified atom stereocenters. The van der Waals surface area contributed by atoms with E-state index >= 15 is 0 Å². The Morgan fingerprint density at radius 3 is 2.48 bits per heavy atom. The first-order valence-electron chi connectivity index (χ1n) is 6.67. The molecule has 3 aromatic rings. The minimum Gasteiger partial charge on any atom is -0.508 e. The highest BCUT2D eigenvalue weighted by atomic mass is 16.5. The summed E-state index contributed by atoms with van der Waals surface area (Å²) in [5.74, 6) is 1.24. The van der Waals surface area contributed by atoms with Crippen molar-refractivity contribution < 1.29 is 9.63 Å². The Morgan fingerprint density at radius 2 is 1.76 bits per heavy atom. The number of para-hydroxylation sites is 1. The smallest absolute Gasteiger partial charge is 0.231 e. The van der Waals surface area contributed by atoms with Crippen LogP contribution in [0.2, 0.25) is 0 Å². The molecule has 0 saturated carbocycles. The van der Waals surface area contributed by atoms with Crippen LogP contribution in [-0.4, -0.2) is 20.2 Å². The van der Waals surface area contributed by atoms with Gasteiger partial charge in [-0.2, -0.15) is 4.98 Å². The van der Waals surface area contributed by atoms with Crippen molar-refractivity contribution in [2.75, 3.05) is 0 Å². The Kier molecular flexibility index (Phi) is 3.39. The van der Waals surface area contributed by atoms with Crippen molar-refractivity contribution in [2.45, 2.75) is 20.3 Å². The average Bonchev–Trinajstić information content (AvgIpc) is 2.89. The molecule has 0 aliphatic rings. The van der Waals surface area contributed by atoms with E-state index in [2.05, 4.69) is 15.1 Å². The first-order chi connectivity index (χ1) is 10.1. The van der Waals surface area contributed by atoms with Gasteiger partial charge >= 0.3 is 0 Å². The summed E-state index contributed by atoms with van der Waals surface area (Å²) in [7, 11) is 0. The van der Waals surface area contributed by atoms with Crippen molar-refractivity contribution in [1.29, 1.82) is 0 Å². The second-order valence-electron chi connectivity index (χ2n) is 4.96. The van der Waals surface area contributed by atoms with Gasteiger partial charge < -0.3 is 9.63 Å². The van der Waals surface area contributed by atoms with Crippen LogP contribution in [-0.2, 0) is 6.42 Å². The lowest BCUT2D eigenvalue weighted by Gasteiger charge is -2.00. The summed E-state index contributed by atoms with van der Waals surface area (Å²) in [5, 5.41) is 13.8. The molecule has 0 spiro atoms. The largest absolute Gasteiger partial charge is 0.508 e. The maximum atomic E-state index is 9.77. The third-order valence-corrected chi connectivity index (χ3v) is 3.14. The van der Waals surface area contributed by atoms with Crippen LogP contribution in [0.5, 0.6) is 5.75 Å². The summed E-state index contributed by atoms with van der Waals surface area (Å²) in [6.07, 6.45) is 0.405. The van der Waals surface area contributed by atoms with E-state index in [0.717, 1.165) is 22.5 Å². The second-order valence-corrected chi connectivity index (χ2v) is 4.96. The van der Waals surface area contributed by atoms with Crippen LogP contribution >= 0.6 is 0 Å². The summed E-state index contributed by atoms with van der Waals surface area (Å²) in [6.45, 7) is 3.86. The molecule has 2 aromatic heterocycles. The number of benzene rings is 1. The van der Waals surface area contributed by atoms with E-state index in [0.29, 0.717) is 18.1 Å². The number of hydrogen-bond acceptors (Lipinski definition) is 5. The van der Waals surface area contributed by atoms with Crippen LogP contribution in [0.1, 0.15) is 22.8 Å². The number of phenols is 1. The molecule has 5 nitrogen and oxygen atoms in total. The fourth-order valence-corrected chi connectivity index (χ4v) is 2.23. The van der Waals surface area contributed by atoms with E-state index in [4.69, 9.17) is 4.52 Å². The van der Waals surface area contributed by atoms with Crippen molar-refractivity contribution >= 4 is 0 Å². The minimum absolute atomic E-state index is 0.229. The standard InChI is InChI=1S/C16H15N3O2/c1-10-7-13(8-11(2)17-10)16-18-15(21-19-16)9-12-5-3-4-6-14(12)20/h3-8,20H,9H2,1-2H3. The lowest BCUT2D eigenvalue weighted by Crippen LogP contribution is -1.91. The van der Waals surface area contributed by atoms with Gasteiger partial charge in [-0.3, -0.25) is 4.98 Å². The predicted octanol–water partition coefficient (Wildman–Crippen LogP) is 3.04. The predicted molar refractivity (Wildman–Crippen MR) is 77.9 cm³/mol. The number of aryl methyl sites for hydroxylation is 2. The average molecular weight is 281 g/mol. The van der Waals surface area contributed by atoms with E-state index in [1.54, 1.807) is 12.1 Å². The molecule has 21 heavy (non-hydrogen) atoms. The number of hydrogen-bond donors (Lipinski definition) is 1. The van der Waals surface area contributed by atoms with Crippen molar-refractivity contribution in [3.05, 3.63) is 59.2 Å². The summed E-state index contributed by atoms with van der Waals surface area (Å²) in [5.41, 5.74) is 3.47.